The molecule has 5 rings (SSSR count). The SMILES string of the molecule is CCOc1ccc(-c2ccc(CCCc3nn(-c4ccc(CI)cc4)c(=O)n3-c3ccccc3CC)cc2)cc1CC(=O)O. The topological polar surface area (TPSA) is 86.4 Å². The smallest absolute Gasteiger partial charge is 0.355 e. The second kappa shape index (κ2) is 14.5. The van der Waals surface area contributed by atoms with Crippen molar-refractivity contribution < 1.29 is 14.6 Å². The van der Waals surface area contributed by atoms with E-state index >= 15 is 0 Å². The third-order valence-corrected chi connectivity index (χ3v) is 8.53. The molecule has 0 spiro atoms. The molecule has 0 radical (unpaired) electrons. The highest BCUT2D eigenvalue weighted by Crippen LogP contribution is 2.28. The van der Waals surface area contributed by atoms with Crippen molar-refractivity contribution in [2.45, 2.75) is 50.4 Å². The van der Waals surface area contributed by atoms with E-state index in [2.05, 4.69) is 59.8 Å². The van der Waals surface area contributed by atoms with Crippen LogP contribution in [0.4, 0.5) is 0 Å². The largest absolute Gasteiger partial charge is 0.494 e. The first-order valence-corrected chi connectivity index (χ1v) is 16.5. The Bertz CT molecular complexity index is 1790. The number of aryl methyl sites for hydroxylation is 3. The number of aromatic nitrogens is 3. The van der Waals surface area contributed by atoms with Gasteiger partial charge in [-0.2, -0.15) is 4.68 Å². The van der Waals surface area contributed by atoms with Crippen molar-refractivity contribution in [3.63, 3.8) is 0 Å². The van der Waals surface area contributed by atoms with E-state index in [4.69, 9.17) is 9.84 Å². The van der Waals surface area contributed by atoms with Crippen molar-refractivity contribution in [2.75, 3.05) is 6.61 Å². The minimum Gasteiger partial charge on any atom is -0.494 e. The Morgan fingerprint density at radius 2 is 1.57 bits per heavy atom. The summed E-state index contributed by atoms with van der Waals surface area (Å²) in [5.74, 6) is 0.460. The number of hydrogen-bond donors (Lipinski definition) is 1. The lowest BCUT2D eigenvalue weighted by atomic mass is 9.98. The Morgan fingerprint density at radius 3 is 2.25 bits per heavy atom. The number of carbonyl (C=O) groups is 1. The Morgan fingerprint density at radius 1 is 0.864 bits per heavy atom. The molecule has 7 nitrogen and oxygen atoms in total. The predicted molar refractivity (Wildman–Crippen MR) is 183 cm³/mol. The van der Waals surface area contributed by atoms with Crippen molar-refractivity contribution >= 4 is 28.6 Å². The molecule has 0 fully saturated rings. The monoisotopic (exact) mass is 701 g/mol. The van der Waals surface area contributed by atoms with E-state index in [-0.39, 0.29) is 12.1 Å². The normalized spacial score (nSPS) is 11.1. The molecule has 0 amide bonds. The van der Waals surface area contributed by atoms with Gasteiger partial charge in [-0.1, -0.05) is 90.2 Å². The van der Waals surface area contributed by atoms with Gasteiger partial charge in [0.05, 0.1) is 24.4 Å². The Kier molecular flexibility index (Phi) is 10.3. The summed E-state index contributed by atoms with van der Waals surface area (Å²) in [6, 6.07) is 30.1. The predicted octanol–water partition coefficient (Wildman–Crippen LogP) is 7.39. The molecule has 0 atom stereocenters. The van der Waals surface area contributed by atoms with Crippen molar-refractivity contribution in [2.24, 2.45) is 0 Å². The lowest BCUT2D eigenvalue weighted by Crippen LogP contribution is -2.24. The van der Waals surface area contributed by atoms with Crippen LogP contribution >= 0.6 is 22.6 Å². The summed E-state index contributed by atoms with van der Waals surface area (Å²) in [7, 11) is 0. The highest BCUT2D eigenvalue weighted by atomic mass is 127. The highest BCUT2D eigenvalue weighted by Gasteiger charge is 2.18. The number of carboxylic acid groups (broad SMARTS) is 1. The summed E-state index contributed by atoms with van der Waals surface area (Å²) in [5, 5.41) is 14.2. The maximum Gasteiger partial charge on any atom is 0.355 e. The second-order valence-electron chi connectivity index (χ2n) is 10.6. The molecule has 0 aliphatic carbocycles. The molecule has 8 heteroatoms. The molecule has 5 aromatic rings. The minimum atomic E-state index is -0.888. The fourth-order valence-corrected chi connectivity index (χ4v) is 5.91. The van der Waals surface area contributed by atoms with Crippen molar-refractivity contribution in [1.82, 2.24) is 14.3 Å². The van der Waals surface area contributed by atoms with Crippen LogP contribution in [-0.2, 0) is 34.9 Å². The van der Waals surface area contributed by atoms with Gasteiger partial charge < -0.3 is 9.84 Å². The number of carboxylic acids is 1. The summed E-state index contributed by atoms with van der Waals surface area (Å²) in [6.07, 6.45) is 3.02. The maximum atomic E-state index is 13.8. The lowest BCUT2D eigenvalue weighted by molar-refractivity contribution is -0.136. The Balaban J connectivity index is 1.36. The van der Waals surface area contributed by atoms with Crippen LogP contribution in [-0.4, -0.2) is 32.0 Å². The number of benzene rings is 4. The Labute approximate surface area is 271 Å². The molecule has 0 bridgehead atoms. The van der Waals surface area contributed by atoms with Crippen LogP contribution in [0, 0.1) is 0 Å². The first kappa shape index (κ1) is 31.3. The summed E-state index contributed by atoms with van der Waals surface area (Å²) in [5.41, 5.74) is 7.60. The van der Waals surface area contributed by atoms with Gasteiger partial charge in [0.1, 0.15) is 11.6 Å². The fraction of sp³-hybridized carbons (Fsp3) is 0.250. The number of alkyl halides is 1. The number of ether oxygens (including phenoxy) is 1. The number of aliphatic carboxylic acids is 1. The number of hydrogen-bond acceptors (Lipinski definition) is 4. The van der Waals surface area contributed by atoms with E-state index in [1.807, 2.05) is 67.6 Å². The van der Waals surface area contributed by atoms with Crippen LogP contribution in [0.2, 0.25) is 0 Å². The summed E-state index contributed by atoms with van der Waals surface area (Å²) < 4.78 is 9.83. The number of halogens is 1. The van der Waals surface area contributed by atoms with Crippen LogP contribution in [0.5, 0.6) is 5.75 Å². The molecular weight excluding hydrogens is 665 g/mol. The molecule has 0 saturated carbocycles. The van der Waals surface area contributed by atoms with E-state index in [1.165, 1.54) is 15.8 Å². The van der Waals surface area contributed by atoms with Gasteiger partial charge in [-0.05, 0) is 84.3 Å². The molecule has 1 aromatic heterocycles. The molecule has 1 N–H and O–H groups in total. The maximum absolute atomic E-state index is 13.8. The molecule has 0 unspecified atom stereocenters. The number of para-hydroxylation sites is 1. The summed E-state index contributed by atoms with van der Waals surface area (Å²) in [4.78, 5) is 25.2. The quantitative estimate of drug-likeness (QED) is 0.102. The average molecular weight is 702 g/mol. The standard InChI is InChI=1S/C36H36IN3O4/c1-3-27-9-5-6-10-32(27)39-34(38-40(36(39)43)31-19-14-26(24-37)15-20-31)11-7-8-25-12-16-28(17-13-25)29-18-21-33(44-4-2)30(22-29)23-35(41)42/h5-6,9-10,12-22H,3-4,7-8,11,23-24H2,1-2H3,(H,41,42). The molecule has 44 heavy (non-hydrogen) atoms. The van der Waals surface area contributed by atoms with Gasteiger partial charge in [-0.25, -0.2) is 9.36 Å². The molecule has 0 saturated heterocycles. The molecule has 0 aliphatic rings. The molecule has 226 valence electrons. The van der Waals surface area contributed by atoms with Gasteiger partial charge in [0.2, 0.25) is 0 Å². The van der Waals surface area contributed by atoms with Crippen LogP contribution < -0.4 is 10.4 Å². The van der Waals surface area contributed by atoms with Crippen LogP contribution in [0.1, 0.15) is 48.3 Å². The second-order valence-corrected chi connectivity index (χ2v) is 11.4. The minimum absolute atomic E-state index is 0.0887. The van der Waals surface area contributed by atoms with E-state index in [0.717, 1.165) is 57.6 Å². The first-order chi connectivity index (χ1) is 21.4. The number of rotatable bonds is 13. The van der Waals surface area contributed by atoms with Gasteiger partial charge in [0.15, 0.2) is 0 Å². The van der Waals surface area contributed by atoms with Crippen LogP contribution in [0.15, 0.2) is 95.8 Å². The van der Waals surface area contributed by atoms with Crippen molar-refractivity contribution in [3.05, 3.63) is 130 Å². The summed E-state index contributed by atoms with van der Waals surface area (Å²) >= 11 is 2.33. The van der Waals surface area contributed by atoms with E-state index < -0.39 is 5.97 Å². The van der Waals surface area contributed by atoms with Gasteiger partial charge in [-0.3, -0.25) is 4.79 Å². The fourth-order valence-electron chi connectivity index (χ4n) is 5.41. The van der Waals surface area contributed by atoms with Gasteiger partial charge in [0.25, 0.3) is 0 Å². The van der Waals surface area contributed by atoms with Crippen LogP contribution in [0.3, 0.4) is 0 Å². The van der Waals surface area contributed by atoms with Crippen molar-refractivity contribution in [1.29, 1.82) is 0 Å². The first-order valence-electron chi connectivity index (χ1n) is 14.9. The van der Waals surface area contributed by atoms with E-state index in [0.29, 0.717) is 24.3 Å². The molecular formula is C36H36IN3O4. The zero-order chi connectivity index (χ0) is 31.1. The van der Waals surface area contributed by atoms with Crippen LogP contribution in [0.25, 0.3) is 22.5 Å². The zero-order valence-corrected chi connectivity index (χ0v) is 27.2. The van der Waals surface area contributed by atoms with Gasteiger partial charge >= 0.3 is 11.7 Å². The van der Waals surface area contributed by atoms with E-state index in [1.54, 1.807) is 4.57 Å². The summed E-state index contributed by atoms with van der Waals surface area (Å²) in [6.45, 7) is 4.46. The molecule has 0 aliphatic heterocycles. The van der Waals surface area contributed by atoms with Gasteiger partial charge in [-0.15, -0.1) is 5.10 Å². The lowest BCUT2D eigenvalue weighted by Gasteiger charge is -2.12. The Hall–Kier alpha value is -4.18. The third kappa shape index (κ3) is 7.13. The third-order valence-electron chi connectivity index (χ3n) is 7.65. The van der Waals surface area contributed by atoms with Crippen molar-refractivity contribution in [3.8, 4) is 28.3 Å². The highest BCUT2D eigenvalue weighted by molar-refractivity contribution is 14.1. The average Bonchev–Trinajstić information content (AvgIpc) is 3.37. The zero-order valence-electron chi connectivity index (χ0n) is 25.0. The molecule has 4 aromatic carbocycles. The number of nitrogens with zero attached hydrogens (tertiary/aromatic N) is 3. The van der Waals surface area contributed by atoms with E-state index in [9.17, 15) is 14.7 Å². The molecule has 1 heterocycles. The van der Waals surface area contributed by atoms with Gasteiger partial charge in [0, 0.05) is 16.4 Å².